The minimum atomic E-state index is -4.99. The Kier molecular flexibility index (Phi) is 5.90. The Morgan fingerprint density at radius 3 is 2.73 bits per heavy atom. The fourth-order valence-electron chi connectivity index (χ4n) is 5.13. The van der Waals surface area contributed by atoms with E-state index in [1.165, 1.54) is 21.9 Å². The third kappa shape index (κ3) is 4.29. The number of likely N-dealkylation sites (tertiary alicyclic amines) is 1. The molecule has 0 saturated carbocycles. The lowest BCUT2D eigenvalue weighted by Crippen LogP contribution is -2.56. The molecule has 1 aromatic carbocycles. The van der Waals surface area contributed by atoms with Crippen molar-refractivity contribution in [3.63, 3.8) is 0 Å². The molecule has 194 valence electrons. The first-order valence-electron chi connectivity index (χ1n) is 11.5. The van der Waals surface area contributed by atoms with Crippen molar-refractivity contribution in [2.75, 3.05) is 36.8 Å². The van der Waals surface area contributed by atoms with E-state index in [9.17, 15) is 22.4 Å². The standard InChI is InChI=1S/C23H23F4N9O/c24-15-1-2-16(35-6-4-22(30,10-35)21(37)34-5-3-13(7-28)8-34)14(17(15)23(25,26)27)9-36-12-33-18-19(29)31-11-32-20(18)36/h1-2,11-13H,3-6,8-10,30H2,(H2,29,31,32). The van der Waals surface area contributed by atoms with E-state index in [2.05, 4.69) is 21.0 Å². The van der Waals surface area contributed by atoms with E-state index < -0.39 is 29.6 Å². The fourth-order valence-corrected chi connectivity index (χ4v) is 5.13. The van der Waals surface area contributed by atoms with E-state index in [-0.39, 0.29) is 66.1 Å². The zero-order valence-corrected chi connectivity index (χ0v) is 19.5. The van der Waals surface area contributed by atoms with Crippen molar-refractivity contribution in [2.45, 2.75) is 31.1 Å². The molecule has 0 bridgehead atoms. The molecule has 2 unspecified atom stereocenters. The van der Waals surface area contributed by atoms with Gasteiger partial charge in [-0.1, -0.05) is 0 Å². The van der Waals surface area contributed by atoms with Crippen LogP contribution in [0.4, 0.5) is 29.1 Å². The van der Waals surface area contributed by atoms with Crippen LogP contribution in [0.3, 0.4) is 0 Å². The van der Waals surface area contributed by atoms with Crippen LogP contribution in [-0.2, 0) is 17.5 Å². The Morgan fingerprint density at radius 2 is 2.03 bits per heavy atom. The first-order valence-corrected chi connectivity index (χ1v) is 11.5. The molecule has 4 heterocycles. The van der Waals surface area contributed by atoms with Crippen LogP contribution in [0, 0.1) is 23.1 Å². The molecular weight excluding hydrogens is 494 g/mol. The summed E-state index contributed by atoms with van der Waals surface area (Å²) in [6, 6.07) is 4.18. The first kappa shape index (κ1) is 24.7. The molecule has 2 fully saturated rings. The van der Waals surface area contributed by atoms with E-state index in [0.29, 0.717) is 13.0 Å². The maximum absolute atomic E-state index is 14.7. The minimum absolute atomic E-state index is 0.0602. The Balaban J connectivity index is 1.52. The van der Waals surface area contributed by atoms with Crippen molar-refractivity contribution in [2.24, 2.45) is 11.7 Å². The highest BCUT2D eigenvalue weighted by atomic mass is 19.4. The predicted octanol–water partition coefficient (Wildman–Crippen LogP) is 1.89. The van der Waals surface area contributed by atoms with Crippen molar-refractivity contribution < 1.29 is 22.4 Å². The third-order valence-electron chi connectivity index (χ3n) is 7.00. The second-order valence-corrected chi connectivity index (χ2v) is 9.41. The summed E-state index contributed by atoms with van der Waals surface area (Å²) >= 11 is 0. The number of hydrogen-bond acceptors (Lipinski definition) is 8. The van der Waals surface area contributed by atoms with Gasteiger partial charge in [0.2, 0.25) is 5.91 Å². The molecule has 0 spiro atoms. The number of halogens is 4. The molecule has 1 amide bonds. The van der Waals surface area contributed by atoms with Crippen LogP contribution in [0.2, 0.25) is 0 Å². The zero-order chi connectivity index (χ0) is 26.5. The lowest BCUT2D eigenvalue weighted by atomic mass is 9.98. The number of fused-ring (bicyclic) bond motifs is 1. The molecule has 0 radical (unpaired) electrons. The minimum Gasteiger partial charge on any atom is -0.382 e. The molecule has 2 aliphatic rings. The van der Waals surface area contributed by atoms with Crippen LogP contribution in [-0.4, -0.2) is 62.0 Å². The quantitative estimate of drug-likeness (QED) is 0.500. The van der Waals surface area contributed by atoms with Gasteiger partial charge in [0.25, 0.3) is 0 Å². The second kappa shape index (κ2) is 8.84. The molecular formula is C23H23F4N9O. The smallest absolute Gasteiger partial charge is 0.382 e. The number of hydrogen-bond donors (Lipinski definition) is 2. The van der Waals surface area contributed by atoms with Crippen LogP contribution in [0.5, 0.6) is 0 Å². The zero-order valence-electron chi connectivity index (χ0n) is 19.5. The Morgan fingerprint density at radius 1 is 1.24 bits per heavy atom. The molecule has 14 heteroatoms. The number of alkyl halides is 3. The van der Waals surface area contributed by atoms with Crippen molar-refractivity contribution in [1.29, 1.82) is 5.26 Å². The first-order chi connectivity index (χ1) is 17.5. The highest BCUT2D eigenvalue weighted by Crippen LogP contribution is 2.41. The van der Waals surface area contributed by atoms with Crippen molar-refractivity contribution >= 4 is 28.6 Å². The van der Waals surface area contributed by atoms with Crippen LogP contribution in [0.15, 0.2) is 24.8 Å². The maximum atomic E-state index is 14.7. The van der Waals surface area contributed by atoms with Crippen molar-refractivity contribution in [1.82, 2.24) is 24.4 Å². The van der Waals surface area contributed by atoms with Crippen LogP contribution < -0.4 is 16.4 Å². The fraction of sp³-hybridized carbons (Fsp3) is 0.435. The van der Waals surface area contributed by atoms with Crippen molar-refractivity contribution in [3.8, 4) is 6.07 Å². The maximum Gasteiger partial charge on any atom is 0.419 e. The Labute approximate surface area is 208 Å². The number of carbonyl (C=O) groups excluding carboxylic acids is 1. The number of aromatic nitrogens is 4. The lowest BCUT2D eigenvalue weighted by molar-refractivity contribution is -0.140. The number of nitrogens with zero attached hydrogens (tertiary/aromatic N) is 7. The summed E-state index contributed by atoms with van der Waals surface area (Å²) in [5.74, 6) is -1.98. The van der Waals surface area contributed by atoms with Gasteiger partial charge in [-0.3, -0.25) is 4.79 Å². The number of nitriles is 1. The van der Waals surface area contributed by atoms with Gasteiger partial charge < -0.3 is 25.8 Å². The molecule has 2 saturated heterocycles. The van der Waals surface area contributed by atoms with Crippen LogP contribution >= 0.6 is 0 Å². The molecule has 4 N–H and O–H groups in total. The summed E-state index contributed by atoms with van der Waals surface area (Å²) < 4.78 is 58.3. The van der Waals surface area contributed by atoms with Gasteiger partial charge in [0.1, 0.15) is 23.2 Å². The molecule has 2 atom stereocenters. The monoisotopic (exact) mass is 517 g/mol. The van der Waals surface area contributed by atoms with E-state index in [1.807, 2.05) is 0 Å². The third-order valence-corrected chi connectivity index (χ3v) is 7.00. The van der Waals surface area contributed by atoms with Gasteiger partial charge in [0.15, 0.2) is 11.5 Å². The number of imidazole rings is 1. The summed E-state index contributed by atoms with van der Waals surface area (Å²) in [5, 5.41) is 9.15. The van der Waals surface area contributed by atoms with E-state index in [0.717, 1.165) is 12.4 Å². The van der Waals surface area contributed by atoms with Gasteiger partial charge in [-0.05, 0) is 25.0 Å². The summed E-state index contributed by atoms with van der Waals surface area (Å²) in [6.07, 6.45) is -1.82. The number of carbonyl (C=O) groups is 1. The Bertz CT molecular complexity index is 1420. The van der Waals surface area contributed by atoms with Gasteiger partial charge >= 0.3 is 6.18 Å². The predicted molar refractivity (Wildman–Crippen MR) is 124 cm³/mol. The SMILES string of the molecule is N#CC1CCN(C(=O)C2(N)CCN(c3ccc(F)c(C(F)(F)F)c3Cn3cnc4c(N)ncnc43)C2)C1. The highest BCUT2D eigenvalue weighted by molar-refractivity contribution is 5.88. The summed E-state index contributed by atoms with van der Waals surface area (Å²) in [4.78, 5) is 28.3. The lowest BCUT2D eigenvalue weighted by Gasteiger charge is -2.30. The van der Waals surface area contributed by atoms with E-state index >= 15 is 0 Å². The summed E-state index contributed by atoms with van der Waals surface area (Å²) in [5.41, 5.74) is 9.68. The second-order valence-electron chi connectivity index (χ2n) is 9.41. The molecule has 2 aromatic heterocycles. The number of amides is 1. The summed E-state index contributed by atoms with van der Waals surface area (Å²) in [7, 11) is 0. The molecule has 0 aliphatic carbocycles. The molecule has 37 heavy (non-hydrogen) atoms. The van der Waals surface area contributed by atoms with Gasteiger partial charge in [0.05, 0.1) is 30.4 Å². The van der Waals surface area contributed by atoms with E-state index in [1.54, 1.807) is 4.90 Å². The average Bonchev–Trinajstić information content (AvgIpc) is 3.58. The molecule has 2 aliphatic heterocycles. The topological polar surface area (TPSA) is 143 Å². The number of benzene rings is 1. The normalized spacial score (nSPS) is 22.1. The number of nitrogen functional groups attached to an aromatic ring is 1. The molecule has 10 nitrogen and oxygen atoms in total. The van der Waals surface area contributed by atoms with Gasteiger partial charge in [-0.2, -0.15) is 18.4 Å². The Hall–Kier alpha value is -3.99. The number of anilines is 2. The van der Waals surface area contributed by atoms with E-state index in [4.69, 9.17) is 16.7 Å². The highest BCUT2D eigenvalue weighted by Gasteiger charge is 2.46. The molecule has 5 rings (SSSR count). The van der Waals surface area contributed by atoms with Gasteiger partial charge in [-0.25, -0.2) is 19.3 Å². The molecule has 3 aromatic rings. The average molecular weight is 517 g/mol. The number of nitrogens with two attached hydrogens (primary N) is 2. The van der Waals surface area contributed by atoms with Crippen LogP contribution in [0.1, 0.15) is 24.0 Å². The summed E-state index contributed by atoms with van der Waals surface area (Å²) in [6.45, 7) is 0.386. The number of rotatable bonds is 4. The van der Waals surface area contributed by atoms with Gasteiger partial charge in [0, 0.05) is 37.4 Å². The largest absolute Gasteiger partial charge is 0.419 e. The van der Waals surface area contributed by atoms with Gasteiger partial charge in [-0.15, -0.1) is 0 Å². The van der Waals surface area contributed by atoms with Crippen LogP contribution in [0.25, 0.3) is 11.2 Å². The van der Waals surface area contributed by atoms with Crippen molar-refractivity contribution in [3.05, 3.63) is 41.7 Å².